The number of hydrogen-bond donors (Lipinski definition) is 1. The average Bonchev–Trinajstić information content (AvgIpc) is 2.82. The normalized spacial score (nSPS) is 14.6. The van der Waals surface area contributed by atoms with E-state index in [0.29, 0.717) is 35.1 Å². The molecule has 3 rings (SSSR count). The molecule has 0 bridgehead atoms. The second-order valence-corrected chi connectivity index (χ2v) is 7.28. The van der Waals surface area contributed by atoms with Gasteiger partial charge in [0.25, 0.3) is 11.8 Å². The number of carbonyl (C=O) groups excluding carboxylic acids is 3. The highest BCUT2D eigenvalue weighted by Gasteiger charge is 2.34. The molecule has 1 fully saturated rings. The molecule has 0 spiro atoms. The fraction of sp³-hybridized carbons (Fsp3) is 0.250. The summed E-state index contributed by atoms with van der Waals surface area (Å²) in [4.78, 5) is 38.5. The lowest BCUT2D eigenvalue weighted by molar-refractivity contribution is -0.145. The lowest BCUT2D eigenvalue weighted by Crippen LogP contribution is -2.54. The van der Waals surface area contributed by atoms with Crippen molar-refractivity contribution in [2.24, 2.45) is 0 Å². The van der Waals surface area contributed by atoms with Crippen molar-refractivity contribution in [2.75, 3.05) is 31.8 Å². The molecule has 34 heavy (non-hydrogen) atoms. The molecule has 1 saturated heterocycles. The first-order chi connectivity index (χ1) is 16.4. The van der Waals surface area contributed by atoms with E-state index in [1.54, 1.807) is 49.4 Å². The average molecular weight is 485 g/mol. The maximum absolute atomic E-state index is 13.2. The Balaban J connectivity index is 1.85. The van der Waals surface area contributed by atoms with E-state index < -0.39 is 17.8 Å². The minimum atomic E-state index is -0.612. The SMILES string of the molecule is CCOC(=O)COc1ccc(/C=C2\C(=O)NC(=S)N(c3ccc(OCC)cc3)C2=O)cc1OC. The molecule has 2 aromatic carbocycles. The van der Waals surface area contributed by atoms with Crippen molar-refractivity contribution >= 4 is 46.9 Å². The van der Waals surface area contributed by atoms with E-state index in [0.717, 1.165) is 0 Å². The number of nitrogens with one attached hydrogen (secondary N) is 1. The predicted molar refractivity (Wildman–Crippen MR) is 129 cm³/mol. The van der Waals surface area contributed by atoms with E-state index in [-0.39, 0.29) is 23.9 Å². The number of benzene rings is 2. The van der Waals surface area contributed by atoms with Crippen LogP contribution in [0.15, 0.2) is 48.0 Å². The molecule has 0 atom stereocenters. The summed E-state index contributed by atoms with van der Waals surface area (Å²) >= 11 is 5.23. The molecule has 0 aliphatic carbocycles. The predicted octanol–water partition coefficient (Wildman–Crippen LogP) is 2.87. The lowest BCUT2D eigenvalue weighted by Gasteiger charge is -2.29. The van der Waals surface area contributed by atoms with Crippen molar-refractivity contribution in [1.82, 2.24) is 5.32 Å². The van der Waals surface area contributed by atoms with Crippen LogP contribution in [0.3, 0.4) is 0 Å². The molecule has 1 aliphatic heterocycles. The van der Waals surface area contributed by atoms with Gasteiger partial charge in [0, 0.05) is 0 Å². The molecular weight excluding hydrogens is 460 g/mol. The van der Waals surface area contributed by atoms with Gasteiger partial charge in [0.1, 0.15) is 11.3 Å². The van der Waals surface area contributed by atoms with Gasteiger partial charge in [-0.05, 0) is 74.1 Å². The summed E-state index contributed by atoms with van der Waals surface area (Å²) in [7, 11) is 1.44. The summed E-state index contributed by atoms with van der Waals surface area (Å²) in [5.41, 5.74) is 0.896. The number of hydrogen-bond acceptors (Lipinski definition) is 8. The van der Waals surface area contributed by atoms with Crippen LogP contribution in [0.2, 0.25) is 0 Å². The van der Waals surface area contributed by atoms with Gasteiger partial charge in [-0.15, -0.1) is 0 Å². The van der Waals surface area contributed by atoms with Gasteiger partial charge in [0.05, 0.1) is 26.0 Å². The van der Waals surface area contributed by atoms with E-state index >= 15 is 0 Å². The molecule has 1 N–H and O–H groups in total. The smallest absolute Gasteiger partial charge is 0.344 e. The molecule has 0 aromatic heterocycles. The first-order valence-corrected chi connectivity index (χ1v) is 10.9. The number of rotatable bonds is 9. The highest BCUT2D eigenvalue weighted by Crippen LogP contribution is 2.30. The first-order valence-electron chi connectivity index (χ1n) is 10.5. The van der Waals surface area contributed by atoms with Crippen molar-refractivity contribution in [1.29, 1.82) is 0 Å². The van der Waals surface area contributed by atoms with Crippen LogP contribution in [0.1, 0.15) is 19.4 Å². The molecule has 1 aliphatic rings. The van der Waals surface area contributed by atoms with E-state index in [2.05, 4.69) is 5.32 Å². The zero-order valence-electron chi connectivity index (χ0n) is 19.0. The van der Waals surface area contributed by atoms with Gasteiger partial charge in [-0.1, -0.05) is 6.07 Å². The number of methoxy groups -OCH3 is 1. The third-order valence-corrected chi connectivity index (χ3v) is 4.94. The Morgan fingerprint density at radius 3 is 2.41 bits per heavy atom. The number of esters is 1. The van der Waals surface area contributed by atoms with E-state index in [1.807, 2.05) is 6.92 Å². The van der Waals surface area contributed by atoms with Gasteiger partial charge in [-0.3, -0.25) is 19.8 Å². The Hall–Kier alpha value is -3.92. The van der Waals surface area contributed by atoms with Crippen LogP contribution < -0.4 is 24.4 Å². The van der Waals surface area contributed by atoms with Crippen molar-refractivity contribution in [3.05, 3.63) is 53.6 Å². The summed E-state index contributed by atoms with van der Waals surface area (Å²) in [6.07, 6.45) is 1.43. The van der Waals surface area contributed by atoms with Crippen LogP contribution in [0.4, 0.5) is 5.69 Å². The largest absolute Gasteiger partial charge is 0.494 e. The van der Waals surface area contributed by atoms with E-state index in [1.165, 1.54) is 18.1 Å². The van der Waals surface area contributed by atoms with Gasteiger partial charge in [0.15, 0.2) is 23.2 Å². The zero-order valence-corrected chi connectivity index (χ0v) is 19.8. The number of thiocarbonyl (C=S) groups is 1. The number of carbonyl (C=O) groups is 3. The minimum absolute atomic E-state index is 0.0170. The summed E-state index contributed by atoms with van der Waals surface area (Å²) in [5.74, 6) is -0.404. The zero-order chi connectivity index (χ0) is 24.7. The fourth-order valence-corrected chi connectivity index (χ4v) is 3.43. The van der Waals surface area contributed by atoms with Crippen LogP contribution in [0.5, 0.6) is 17.2 Å². The monoisotopic (exact) mass is 484 g/mol. The van der Waals surface area contributed by atoms with Crippen molar-refractivity contribution in [2.45, 2.75) is 13.8 Å². The van der Waals surface area contributed by atoms with Gasteiger partial charge < -0.3 is 18.9 Å². The van der Waals surface area contributed by atoms with Crippen molar-refractivity contribution in [3.8, 4) is 17.2 Å². The first kappa shape index (κ1) is 24.7. The van der Waals surface area contributed by atoms with Crippen LogP contribution >= 0.6 is 12.2 Å². The van der Waals surface area contributed by atoms with Gasteiger partial charge in [-0.25, -0.2) is 4.79 Å². The maximum atomic E-state index is 13.2. The molecule has 178 valence electrons. The van der Waals surface area contributed by atoms with Gasteiger partial charge in [0.2, 0.25) is 0 Å². The van der Waals surface area contributed by atoms with E-state index in [9.17, 15) is 14.4 Å². The summed E-state index contributed by atoms with van der Waals surface area (Å²) in [6.45, 7) is 4.06. The number of anilines is 1. The molecular formula is C24H24N2O7S. The molecule has 0 saturated carbocycles. The second kappa shape index (κ2) is 11.3. The Bertz CT molecular complexity index is 1130. The molecule has 10 heteroatoms. The van der Waals surface area contributed by atoms with Crippen LogP contribution in [-0.2, 0) is 19.1 Å². The van der Waals surface area contributed by atoms with Crippen LogP contribution in [0, 0.1) is 0 Å². The summed E-state index contributed by atoms with van der Waals surface area (Å²) < 4.78 is 21.0. The third kappa shape index (κ3) is 5.70. The van der Waals surface area contributed by atoms with Crippen molar-refractivity contribution < 1.29 is 33.3 Å². The molecule has 9 nitrogen and oxygen atoms in total. The molecule has 2 aromatic rings. The molecule has 0 unspecified atom stereocenters. The van der Waals surface area contributed by atoms with Gasteiger partial charge in [-0.2, -0.15) is 0 Å². The molecule has 0 radical (unpaired) electrons. The highest BCUT2D eigenvalue weighted by molar-refractivity contribution is 7.80. The Labute approximate surface area is 202 Å². The number of ether oxygens (including phenoxy) is 4. The van der Waals surface area contributed by atoms with Crippen molar-refractivity contribution in [3.63, 3.8) is 0 Å². The lowest BCUT2D eigenvalue weighted by atomic mass is 10.1. The summed E-state index contributed by atoms with van der Waals surface area (Å²) in [6, 6.07) is 11.6. The van der Waals surface area contributed by atoms with Gasteiger partial charge >= 0.3 is 5.97 Å². The summed E-state index contributed by atoms with van der Waals surface area (Å²) in [5, 5.41) is 2.53. The van der Waals surface area contributed by atoms with Crippen LogP contribution in [-0.4, -0.2) is 49.8 Å². The third-order valence-electron chi connectivity index (χ3n) is 4.66. The second-order valence-electron chi connectivity index (χ2n) is 6.89. The number of amides is 2. The highest BCUT2D eigenvalue weighted by atomic mass is 32.1. The quantitative estimate of drug-likeness (QED) is 0.251. The van der Waals surface area contributed by atoms with E-state index in [4.69, 9.17) is 31.2 Å². The Morgan fingerprint density at radius 2 is 1.76 bits per heavy atom. The van der Waals surface area contributed by atoms with Crippen LogP contribution in [0.25, 0.3) is 6.08 Å². The fourth-order valence-electron chi connectivity index (χ4n) is 3.15. The number of nitrogens with zero attached hydrogens (tertiary/aromatic N) is 1. The minimum Gasteiger partial charge on any atom is -0.494 e. The Morgan fingerprint density at radius 1 is 1.03 bits per heavy atom. The molecule has 1 heterocycles. The molecule has 2 amide bonds. The Kier molecular flexibility index (Phi) is 8.20. The standard InChI is InChI=1S/C24H24N2O7S/c1-4-31-17-9-7-16(8-10-17)26-23(29)18(22(28)25-24(26)34)12-15-6-11-19(20(13-15)30-3)33-14-21(27)32-5-2/h6-13H,4-5,14H2,1-3H3,(H,25,28,34)/b18-12+. The topological polar surface area (TPSA) is 103 Å². The maximum Gasteiger partial charge on any atom is 0.344 e.